The van der Waals surface area contributed by atoms with Gasteiger partial charge in [0.1, 0.15) is 17.2 Å². The Kier molecular flexibility index (Phi) is 5.46. The van der Waals surface area contributed by atoms with E-state index in [4.69, 9.17) is 14.2 Å². The Morgan fingerprint density at radius 3 is 2.30 bits per heavy atom. The average Bonchev–Trinajstić information content (AvgIpc) is 2.59. The number of hydrogen-bond acceptors (Lipinski definition) is 4. The Labute approximate surface area is 135 Å². The summed E-state index contributed by atoms with van der Waals surface area (Å²) in [6.45, 7) is 0. The standard InChI is InChI=1S/C18H20O5/c1-21-13-6-4-5-12(9-13)10-16(18(19)20)15-11-14(22-2)7-8-17(15)23-3/h4-9,11,16H,10H2,1-3H3,(H,19,20). The largest absolute Gasteiger partial charge is 0.497 e. The summed E-state index contributed by atoms with van der Waals surface area (Å²) in [5.41, 5.74) is 1.46. The molecule has 0 amide bonds. The Hall–Kier alpha value is -2.69. The quantitative estimate of drug-likeness (QED) is 0.850. The molecular weight excluding hydrogens is 296 g/mol. The van der Waals surface area contributed by atoms with Crippen LogP contribution in [0.3, 0.4) is 0 Å². The molecule has 1 N–H and O–H groups in total. The molecule has 0 aliphatic carbocycles. The molecule has 0 heterocycles. The zero-order valence-electron chi connectivity index (χ0n) is 13.4. The molecule has 0 fully saturated rings. The van der Waals surface area contributed by atoms with Crippen LogP contribution in [0.15, 0.2) is 42.5 Å². The van der Waals surface area contributed by atoms with Crippen LogP contribution >= 0.6 is 0 Å². The Morgan fingerprint density at radius 2 is 1.70 bits per heavy atom. The zero-order chi connectivity index (χ0) is 16.8. The SMILES string of the molecule is COc1cccc(CC(C(=O)O)c2cc(OC)ccc2OC)c1. The van der Waals surface area contributed by atoms with E-state index >= 15 is 0 Å². The lowest BCUT2D eigenvalue weighted by atomic mass is 9.91. The van der Waals surface area contributed by atoms with E-state index in [0.717, 1.165) is 5.56 Å². The first-order valence-electron chi connectivity index (χ1n) is 7.16. The molecule has 0 spiro atoms. The molecular formula is C18H20O5. The number of methoxy groups -OCH3 is 3. The summed E-state index contributed by atoms with van der Waals surface area (Å²) < 4.78 is 15.7. The second-order valence-electron chi connectivity index (χ2n) is 5.05. The van der Waals surface area contributed by atoms with Gasteiger partial charge in [0.2, 0.25) is 0 Å². The average molecular weight is 316 g/mol. The predicted molar refractivity (Wildman–Crippen MR) is 86.6 cm³/mol. The topological polar surface area (TPSA) is 65.0 Å². The Bertz CT molecular complexity index is 681. The van der Waals surface area contributed by atoms with E-state index in [0.29, 0.717) is 29.2 Å². The van der Waals surface area contributed by atoms with Crippen molar-refractivity contribution in [2.45, 2.75) is 12.3 Å². The van der Waals surface area contributed by atoms with Gasteiger partial charge in [0.05, 0.1) is 27.2 Å². The maximum Gasteiger partial charge on any atom is 0.311 e. The molecule has 0 aromatic heterocycles. The first kappa shape index (κ1) is 16.7. The minimum atomic E-state index is -0.917. The van der Waals surface area contributed by atoms with Crippen molar-refractivity contribution < 1.29 is 24.1 Å². The highest BCUT2D eigenvalue weighted by Gasteiger charge is 2.24. The lowest BCUT2D eigenvalue weighted by Gasteiger charge is -2.17. The van der Waals surface area contributed by atoms with Crippen molar-refractivity contribution in [3.05, 3.63) is 53.6 Å². The zero-order valence-corrected chi connectivity index (χ0v) is 13.4. The van der Waals surface area contributed by atoms with Gasteiger partial charge in [-0.2, -0.15) is 0 Å². The summed E-state index contributed by atoms with van der Waals surface area (Å²) >= 11 is 0. The van der Waals surface area contributed by atoms with Crippen LogP contribution in [0.1, 0.15) is 17.0 Å². The number of benzene rings is 2. The fourth-order valence-electron chi connectivity index (χ4n) is 2.48. The molecule has 122 valence electrons. The number of hydrogen-bond donors (Lipinski definition) is 1. The van der Waals surface area contributed by atoms with Crippen molar-refractivity contribution in [2.24, 2.45) is 0 Å². The molecule has 0 radical (unpaired) electrons. The molecule has 2 aromatic carbocycles. The van der Waals surface area contributed by atoms with Gasteiger partial charge in [-0.1, -0.05) is 12.1 Å². The minimum Gasteiger partial charge on any atom is -0.497 e. The van der Waals surface area contributed by atoms with Gasteiger partial charge in [-0.3, -0.25) is 4.79 Å². The van der Waals surface area contributed by atoms with Crippen molar-refractivity contribution in [2.75, 3.05) is 21.3 Å². The van der Waals surface area contributed by atoms with Crippen LogP contribution in [0.25, 0.3) is 0 Å². The van der Waals surface area contributed by atoms with E-state index in [-0.39, 0.29) is 0 Å². The molecule has 1 atom stereocenters. The molecule has 0 bridgehead atoms. The van der Waals surface area contributed by atoms with E-state index in [1.165, 1.54) is 7.11 Å². The molecule has 0 saturated carbocycles. The van der Waals surface area contributed by atoms with Gasteiger partial charge in [0.25, 0.3) is 0 Å². The molecule has 0 saturated heterocycles. The fraction of sp³-hybridized carbons (Fsp3) is 0.278. The second kappa shape index (κ2) is 7.54. The lowest BCUT2D eigenvalue weighted by molar-refractivity contribution is -0.138. The maximum absolute atomic E-state index is 11.8. The molecule has 2 rings (SSSR count). The van der Waals surface area contributed by atoms with E-state index in [9.17, 15) is 9.90 Å². The van der Waals surface area contributed by atoms with Crippen LogP contribution in [-0.4, -0.2) is 32.4 Å². The molecule has 2 aromatic rings. The normalized spacial score (nSPS) is 11.6. The number of carboxylic acid groups (broad SMARTS) is 1. The van der Waals surface area contributed by atoms with Gasteiger partial charge in [-0.15, -0.1) is 0 Å². The number of aliphatic carboxylic acids is 1. The van der Waals surface area contributed by atoms with E-state index < -0.39 is 11.9 Å². The first-order chi connectivity index (χ1) is 11.1. The predicted octanol–water partition coefficient (Wildman–Crippen LogP) is 3.12. The number of rotatable bonds is 7. The van der Waals surface area contributed by atoms with Gasteiger partial charge in [-0.05, 0) is 42.3 Å². The van der Waals surface area contributed by atoms with Crippen LogP contribution in [0.5, 0.6) is 17.2 Å². The minimum absolute atomic E-state index is 0.329. The molecule has 1 unspecified atom stereocenters. The van der Waals surface area contributed by atoms with Crippen LogP contribution < -0.4 is 14.2 Å². The summed E-state index contributed by atoms with van der Waals surface area (Å²) in [7, 11) is 4.65. The lowest BCUT2D eigenvalue weighted by Crippen LogP contribution is -2.15. The fourth-order valence-corrected chi connectivity index (χ4v) is 2.48. The van der Waals surface area contributed by atoms with Crippen molar-refractivity contribution in [3.8, 4) is 17.2 Å². The van der Waals surface area contributed by atoms with Crippen molar-refractivity contribution in [3.63, 3.8) is 0 Å². The summed E-state index contributed by atoms with van der Waals surface area (Å²) in [5.74, 6) is 0.162. The van der Waals surface area contributed by atoms with Gasteiger partial charge < -0.3 is 19.3 Å². The van der Waals surface area contributed by atoms with Crippen LogP contribution in [0.2, 0.25) is 0 Å². The van der Waals surface area contributed by atoms with Crippen molar-refractivity contribution in [1.29, 1.82) is 0 Å². The van der Waals surface area contributed by atoms with Crippen LogP contribution in [-0.2, 0) is 11.2 Å². The highest BCUT2D eigenvalue weighted by atomic mass is 16.5. The summed E-state index contributed by atoms with van der Waals surface area (Å²) in [6, 6.07) is 12.6. The third-order valence-electron chi connectivity index (χ3n) is 3.68. The van der Waals surface area contributed by atoms with Crippen molar-refractivity contribution >= 4 is 5.97 Å². The Balaban J connectivity index is 2.40. The molecule has 5 heteroatoms. The smallest absolute Gasteiger partial charge is 0.311 e. The van der Waals surface area contributed by atoms with Gasteiger partial charge in [-0.25, -0.2) is 0 Å². The molecule has 23 heavy (non-hydrogen) atoms. The Morgan fingerprint density at radius 1 is 1.00 bits per heavy atom. The van der Waals surface area contributed by atoms with E-state index in [1.807, 2.05) is 24.3 Å². The van der Waals surface area contributed by atoms with Crippen LogP contribution in [0.4, 0.5) is 0 Å². The third-order valence-corrected chi connectivity index (χ3v) is 3.68. The van der Waals surface area contributed by atoms with Crippen LogP contribution in [0, 0.1) is 0 Å². The van der Waals surface area contributed by atoms with Gasteiger partial charge >= 0.3 is 5.97 Å². The van der Waals surface area contributed by atoms with E-state index in [1.54, 1.807) is 32.4 Å². The first-order valence-corrected chi connectivity index (χ1v) is 7.16. The summed E-state index contributed by atoms with van der Waals surface area (Å²) in [4.78, 5) is 11.8. The van der Waals surface area contributed by atoms with E-state index in [2.05, 4.69) is 0 Å². The molecule has 0 aliphatic heterocycles. The number of carbonyl (C=O) groups is 1. The molecule has 0 aliphatic rings. The maximum atomic E-state index is 11.8. The highest BCUT2D eigenvalue weighted by Crippen LogP contribution is 2.33. The monoisotopic (exact) mass is 316 g/mol. The number of carboxylic acids is 1. The van der Waals surface area contributed by atoms with Gasteiger partial charge in [0.15, 0.2) is 0 Å². The van der Waals surface area contributed by atoms with Crippen molar-refractivity contribution in [1.82, 2.24) is 0 Å². The summed E-state index contributed by atoms with van der Waals surface area (Å²) in [6.07, 6.45) is 0.329. The summed E-state index contributed by atoms with van der Waals surface area (Å²) in [5, 5.41) is 9.67. The highest BCUT2D eigenvalue weighted by molar-refractivity contribution is 5.78. The van der Waals surface area contributed by atoms with Gasteiger partial charge in [0, 0.05) is 5.56 Å². The number of ether oxygens (including phenoxy) is 3. The molecule has 5 nitrogen and oxygen atoms in total. The second-order valence-corrected chi connectivity index (χ2v) is 5.05. The third kappa shape index (κ3) is 3.94.